The monoisotopic (exact) mass is 672 g/mol. The Morgan fingerprint density at radius 2 is 1.02 bits per heavy atom. The van der Waals surface area contributed by atoms with E-state index in [1.165, 1.54) is 31.3 Å². The number of hydrogen-bond acceptors (Lipinski definition) is 16. The van der Waals surface area contributed by atoms with Gasteiger partial charge in [0.25, 0.3) is 11.8 Å². The number of unbranched alkanes of at least 4 members (excludes halogenated alkanes) is 2. The van der Waals surface area contributed by atoms with E-state index in [1.807, 2.05) is 0 Å². The van der Waals surface area contributed by atoms with Crippen molar-refractivity contribution in [2.75, 3.05) is 13.1 Å². The molecule has 0 radical (unpaired) electrons. The largest absolute Gasteiger partial charge is 0.446 e. The highest BCUT2D eigenvalue weighted by atomic mass is 16.4. The van der Waals surface area contributed by atoms with Crippen LogP contribution in [-0.4, -0.2) is 54.8 Å². The van der Waals surface area contributed by atoms with Gasteiger partial charge in [-0.15, -0.1) is 0 Å². The van der Waals surface area contributed by atoms with Gasteiger partial charge in [0.05, 0.1) is 0 Å². The molecule has 7 heterocycles. The molecule has 1 aliphatic rings. The average molecular weight is 673 g/mol. The van der Waals surface area contributed by atoms with Crippen molar-refractivity contribution in [3.8, 4) is 46.3 Å². The topological polar surface area (TPSA) is 266 Å². The van der Waals surface area contributed by atoms with Crippen LogP contribution in [-0.2, 0) is 0 Å². The van der Waals surface area contributed by atoms with E-state index in [2.05, 4.69) is 40.5 Å². The Balaban J connectivity index is 1.26. The zero-order chi connectivity index (χ0) is 33.9. The number of nitrogens with two attached hydrogens (primary N) is 2. The van der Waals surface area contributed by atoms with Gasteiger partial charge in [-0.3, -0.25) is 9.59 Å². The van der Waals surface area contributed by atoms with Gasteiger partial charge in [-0.1, -0.05) is 0 Å². The average Bonchev–Trinajstić information content (AvgIpc) is 3.93. The van der Waals surface area contributed by atoms with Crippen LogP contribution in [0.4, 0.5) is 0 Å². The summed E-state index contributed by atoms with van der Waals surface area (Å²) in [5.41, 5.74) is 12.5. The predicted octanol–water partition coefficient (Wildman–Crippen LogP) is 4.10. The maximum absolute atomic E-state index is 13.4. The lowest BCUT2D eigenvalue weighted by Crippen LogP contribution is -2.29. The number of nitrogens with zero attached hydrogens (tertiary/aromatic N) is 6. The Labute approximate surface area is 277 Å². The number of aromatic nitrogens is 6. The van der Waals surface area contributed by atoms with Crippen molar-refractivity contribution in [2.24, 2.45) is 11.5 Å². The highest BCUT2D eigenvalue weighted by Crippen LogP contribution is 2.31. The highest BCUT2D eigenvalue weighted by Gasteiger charge is 2.28. The fraction of sp³-hybridized carbons (Fsp3) is 0.355. The maximum Gasteiger partial charge on any atom is 0.273 e. The molecular formula is C31H32N10O8. The number of nitrogens with one attached hydrogen (secondary N) is 2. The number of amides is 2. The first-order valence-corrected chi connectivity index (χ1v) is 15.7. The summed E-state index contributed by atoms with van der Waals surface area (Å²) in [6, 6.07) is -1.28. The minimum Gasteiger partial charge on any atom is -0.446 e. The molecule has 0 aromatic carbocycles. The first-order chi connectivity index (χ1) is 23.9. The van der Waals surface area contributed by atoms with E-state index < -0.39 is 23.9 Å². The summed E-state index contributed by atoms with van der Waals surface area (Å²) in [5, 5.41) is 5.83. The number of hydrogen-bond donors (Lipinski definition) is 4. The third kappa shape index (κ3) is 6.63. The molecule has 6 aromatic heterocycles. The zero-order valence-corrected chi connectivity index (χ0v) is 26.3. The molecule has 12 bridgehead atoms. The molecule has 0 aliphatic carbocycles. The van der Waals surface area contributed by atoms with E-state index in [4.69, 9.17) is 38.0 Å². The second-order valence-corrected chi connectivity index (χ2v) is 11.3. The van der Waals surface area contributed by atoms with Crippen LogP contribution in [0.2, 0.25) is 0 Å². The van der Waals surface area contributed by atoms with Gasteiger partial charge in [-0.2, -0.15) is 0 Å². The van der Waals surface area contributed by atoms with Crippen LogP contribution in [0.3, 0.4) is 0 Å². The molecule has 2 atom stereocenters. The molecule has 6 aromatic rings. The minimum absolute atomic E-state index is 0.00300. The van der Waals surface area contributed by atoms with E-state index in [0.717, 1.165) is 12.8 Å². The molecule has 0 saturated carbocycles. The van der Waals surface area contributed by atoms with E-state index in [1.54, 1.807) is 6.92 Å². The molecule has 1 aliphatic heterocycles. The summed E-state index contributed by atoms with van der Waals surface area (Å²) in [6.07, 6.45) is 10.2. The van der Waals surface area contributed by atoms with Gasteiger partial charge in [0, 0.05) is 0 Å². The standard InChI is InChI=1S/C31H32N10O8/c1-15-23-31-40-22(14-48-31)28-37-18(10-45-28)24(42)34-16(6-2-4-8-32)26-38-21(12-46-26)29-39-20(13-47-29)27-36-19(11-44-27)25(43)35-17(7-3-5-9-33)30(41-23)49-15/h10-14,16-17H,2-9,32-33H2,1H3,(H,34,42)(H,35,43)/t16-,17-/m0/s1. The van der Waals surface area contributed by atoms with Gasteiger partial charge < -0.3 is 48.6 Å². The van der Waals surface area contributed by atoms with Crippen molar-refractivity contribution in [3.05, 3.63) is 60.2 Å². The van der Waals surface area contributed by atoms with Crippen LogP contribution in [0, 0.1) is 6.92 Å². The van der Waals surface area contributed by atoms with Gasteiger partial charge >= 0.3 is 0 Å². The van der Waals surface area contributed by atoms with Crippen molar-refractivity contribution in [3.63, 3.8) is 0 Å². The number of oxazole rings is 6. The molecule has 0 saturated heterocycles. The molecule has 0 unspecified atom stereocenters. The fourth-order valence-electron chi connectivity index (χ4n) is 5.24. The Kier molecular flexibility index (Phi) is 8.86. The van der Waals surface area contributed by atoms with Crippen LogP contribution < -0.4 is 22.1 Å². The first-order valence-electron chi connectivity index (χ1n) is 15.7. The number of rotatable bonds is 8. The van der Waals surface area contributed by atoms with Crippen molar-refractivity contribution in [1.29, 1.82) is 0 Å². The van der Waals surface area contributed by atoms with Crippen LogP contribution in [0.1, 0.15) is 89.1 Å². The summed E-state index contributed by atoms with van der Waals surface area (Å²) in [6.45, 7) is 2.67. The Morgan fingerprint density at radius 3 is 1.59 bits per heavy atom. The van der Waals surface area contributed by atoms with Gasteiger partial charge in [-0.05, 0) is 58.5 Å². The summed E-state index contributed by atoms with van der Waals surface area (Å²) < 4.78 is 34.2. The Bertz CT molecular complexity index is 2070. The molecule has 18 heteroatoms. The predicted molar refractivity (Wildman–Crippen MR) is 166 cm³/mol. The second-order valence-electron chi connectivity index (χ2n) is 11.3. The summed E-state index contributed by atoms with van der Waals surface area (Å²) >= 11 is 0. The van der Waals surface area contributed by atoms with E-state index in [-0.39, 0.29) is 63.8 Å². The molecule has 0 spiro atoms. The number of carbonyl (C=O) groups is 2. The Morgan fingerprint density at radius 1 is 0.571 bits per heavy atom. The number of carbonyl (C=O) groups excluding carboxylic acids is 2. The van der Waals surface area contributed by atoms with Crippen LogP contribution in [0.25, 0.3) is 46.3 Å². The van der Waals surface area contributed by atoms with Crippen LogP contribution in [0.15, 0.2) is 57.8 Å². The lowest BCUT2D eigenvalue weighted by atomic mass is 10.1. The summed E-state index contributed by atoms with van der Waals surface area (Å²) in [5.74, 6) is 0.144. The lowest BCUT2D eigenvalue weighted by molar-refractivity contribution is 0.0914. The molecule has 7 rings (SSSR count). The van der Waals surface area contributed by atoms with Gasteiger partial charge in [-0.25, -0.2) is 29.9 Å². The summed E-state index contributed by atoms with van der Waals surface area (Å²) in [4.78, 5) is 53.4. The molecular weight excluding hydrogens is 640 g/mol. The van der Waals surface area contributed by atoms with E-state index >= 15 is 0 Å². The molecule has 6 N–H and O–H groups in total. The van der Waals surface area contributed by atoms with Crippen molar-refractivity contribution in [2.45, 2.75) is 57.5 Å². The highest BCUT2D eigenvalue weighted by molar-refractivity contribution is 5.93. The van der Waals surface area contributed by atoms with Crippen molar-refractivity contribution in [1.82, 2.24) is 40.5 Å². The molecule has 2 amide bonds. The molecule has 254 valence electrons. The van der Waals surface area contributed by atoms with Gasteiger partial charge in [0.15, 0.2) is 34.2 Å². The molecule has 49 heavy (non-hydrogen) atoms. The Hall–Kier alpha value is -5.88. The zero-order valence-electron chi connectivity index (χ0n) is 26.3. The maximum atomic E-state index is 13.4. The SMILES string of the molecule is Cc1oc2nc1-c1nc(co1)-c1nc(co1)C(=O)N[C@@H](CCCCN)c1nc(co1)-c1nc(co1)-c1nc(co1)C(=O)N[C@H]2CCCCN. The van der Waals surface area contributed by atoms with Crippen molar-refractivity contribution >= 4 is 11.8 Å². The normalized spacial score (nSPS) is 16.3. The molecule has 0 fully saturated rings. The van der Waals surface area contributed by atoms with Crippen molar-refractivity contribution < 1.29 is 36.1 Å². The first kappa shape index (κ1) is 31.7. The van der Waals surface area contributed by atoms with Gasteiger partial charge in [0.1, 0.15) is 49.2 Å². The summed E-state index contributed by atoms with van der Waals surface area (Å²) in [7, 11) is 0. The van der Waals surface area contributed by atoms with Gasteiger partial charge in [0.2, 0.25) is 35.3 Å². The fourth-order valence-corrected chi connectivity index (χ4v) is 5.24. The lowest BCUT2D eigenvalue weighted by Gasteiger charge is -2.14. The number of fused-ring (bicyclic) bond motifs is 16. The van der Waals surface area contributed by atoms with E-state index in [9.17, 15) is 9.59 Å². The smallest absolute Gasteiger partial charge is 0.273 e. The minimum atomic E-state index is -0.640. The third-order valence-corrected chi connectivity index (χ3v) is 7.78. The number of aryl methyl sites for hydroxylation is 1. The third-order valence-electron chi connectivity index (χ3n) is 7.78. The second kappa shape index (κ2) is 13.7. The van der Waals surface area contributed by atoms with Crippen LogP contribution >= 0.6 is 0 Å². The van der Waals surface area contributed by atoms with E-state index in [0.29, 0.717) is 50.2 Å². The van der Waals surface area contributed by atoms with Crippen LogP contribution in [0.5, 0.6) is 0 Å². The molecule has 18 nitrogen and oxygen atoms in total. The quantitative estimate of drug-likeness (QED) is 0.166.